The lowest BCUT2D eigenvalue weighted by Crippen LogP contribution is -2.53. The Morgan fingerprint density at radius 3 is 2.55 bits per heavy atom. The first-order valence-corrected chi connectivity index (χ1v) is 9.66. The Kier molecular flexibility index (Phi) is 4.86. The van der Waals surface area contributed by atoms with E-state index in [1.807, 2.05) is 11.3 Å². The van der Waals surface area contributed by atoms with Crippen LogP contribution in [0.25, 0.3) is 0 Å². The first-order valence-electron chi connectivity index (χ1n) is 7.99. The predicted octanol–water partition coefficient (Wildman–Crippen LogP) is 4.57. The number of likely N-dealkylation sites (N-methyl/N-ethyl adjacent to an activating group) is 1. The van der Waals surface area contributed by atoms with E-state index in [-0.39, 0.29) is 0 Å². The summed E-state index contributed by atoms with van der Waals surface area (Å²) in [4.78, 5) is 4.31. The van der Waals surface area contributed by atoms with Crippen LogP contribution in [0.2, 0.25) is 0 Å². The third-order valence-corrected chi connectivity index (χ3v) is 6.99. The summed E-state index contributed by atoms with van der Waals surface area (Å²) in [5.41, 5.74) is 0.361. The van der Waals surface area contributed by atoms with Crippen molar-refractivity contribution < 1.29 is 0 Å². The van der Waals surface area contributed by atoms with Gasteiger partial charge in [0.15, 0.2) is 0 Å². The van der Waals surface area contributed by atoms with E-state index in [1.54, 1.807) is 0 Å². The molecule has 2 aliphatic rings. The van der Waals surface area contributed by atoms with Gasteiger partial charge in [-0.15, -0.1) is 11.3 Å². The highest BCUT2D eigenvalue weighted by atomic mass is 79.9. The third-order valence-electron chi connectivity index (χ3n) is 5.06. The highest BCUT2D eigenvalue weighted by molar-refractivity contribution is 9.10. The maximum absolute atomic E-state index is 3.82. The minimum absolute atomic E-state index is 0.361. The Balaban J connectivity index is 1.96. The van der Waals surface area contributed by atoms with E-state index in [9.17, 15) is 0 Å². The summed E-state index contributed by atoms with van der Waals surface area (Å²) in [6, 6.07) is 2.69. The van der Waals surface area contributed by atoms with E-state index in [4.69, 9.17) is 0 Å². The molecule has 4 heteroatoms. The smallest absolute Gasteiger partial charge is 0.0613 e. The molecule has 1 aliphatic heterocycles. The second-order valence-electron chi connectivity index (χ2n) is 6.13. The third kappa shape index (κ3) is 2.60. The second kappa shape index (κ2) is 6.47. The molecule has 3 rings (SSSR count). The van der Waals surface area contributed by atoms with Gasteiger partial charge < -0.3 is 5.32 Å². The van der Waals surface area contributed by atoms with Gasteiger partial charge in [-0.3, -0.25) is 4.90 Å². The maximum Gasteiger partial charge on any atom is 0.0613 e. The molecule has 2 heterocycles. The number of likely N-dealkylation sites (tertiary alicyclic amines) is 1. The van der Waals surface area contributed by atoms with Crippen LogP contribution in [0.1, 0.15) is 56.4 Å². The van der Waals surface area contributed by atoms with Gasteiger partial charge in [0.25, 0.3) is 0 Å². The molecule has 2 nitrogen and oxygen atoms in total. The lowest BCUT2D eigenvalue weighted by Gasteiger charge is -2.45. The molecule has 2 fully saturated rings. The van der Waals surface area contributed by atoms with Crippen molar-refractivity contribution in [2.24, 2.45) is 0 Å². The molecule has 1 saturated carbocycles. The fourth-order valence-corrected chi connectivity index (χ4v) is 5.97. The lowest BCUT2D eigenvalue weighted by molar-refractivity contribution is 0.0782. The van der Waals surface area contributed by atoms with Gasteiger partial charge >= 0.3 is 0 Å². The first kappa shape index (κ1) is 15.0. The van der Waals surface area contributed by atoms with Gasteiger partial charge in [0.05, 0.1) is 6.04 Å². The highest BCUT2D eigenvalue weighted by Crippen LogP contribution is 2.48. The summed E-state index contributed by atoms with van der Waals surface area (Å²) in [6.45, 7) is 5.88. The molecule has 1 N–H and O–H groups in total. The van der Waals surface area contributed by atoms with Gasteiger partial charge in [0, 0.05) is 14.9 Å². The zero-order chi connectivity index (χ0) is 14.0. The van der Waals surface area contributed by atoms with Crippen molar-refractivity contribution >= 4 is 27.3 Å². The SMILES string of the molecule is CCNC(c1sccc1Br)C1(N2CCCC2)CCCC1. The van der Waals surface area contributed by atoms with Crippen LogP contribution in [-0.4, -0.2) is 30.1 Å². The standard InChI is InChI=1S/C16H25BrN2S/c1-2-18-15(14-13(17)7-12-20-14)16(8-3-4-9-16)19-10-5-6-11-19/h7,12,15,18H,2-6,8-11H2,1H3. The molecule has 1 aromatic rings. The van der Waals surface area contributed by atoms with Crippen LogP contribution in [0.15, 0.2) is 15.9 Å². The molecule has 0 spiro atoms. The first-order chi connectivity index (χ1) is 9.78. The van der Waals surface area contributed by atoms with Crippen molar-refractivity contribution in [2.75, 3.05) is 19.6 Å². The number of nitrogens with one attached hydrogen (secondary N) is 1. The summed E-state index contributed by atoms with van der Waals surface area (Å²) in [5, 5.41) is 6.04. The molecule has 0 radical (unpaired) electrons. The van der Waals surface area contributed by atoms with Gasteiger partial charge in [-0.2, -0.15) is 0 Å². The van der Waals surface area contributed by atoms with Crippen molar-refractivity contribution in [3.8, 4) is 0 Å². The normalized spacial score (nSPS) is 24.3. The van der Waals surface area contributed by atoms with Gasteiger partial charge in [0.1, 0.15) is 0 Å². The van der Waals surface area contributed by atoms with E-state index in [1.165, 1.54) is 61.0 Å². The van der Waals surface area contributed by atoms with Crippen molar-refractivity contribution in [3.63, 3.8) is 0 Å². The molecule has 0 amide bonds. The summed E-state index contributed by atoms with van der Waals surface area (Å²) in [5.74, 6) is 0. The molecule has 1 saturated heterocycles. The van der Waals surface area contributed by atoms with Crippen LogP contribution in [0.3, 0.4) is 0 Å². The zero-order valence-corrected chi connectivity index (χ0v) is 14.7. The quantitative estimate of drug-likeness (QED) is 0.830. The number of hydrogen-bond donors (Lipinski definition) is 1. The molecule has 1 aliphatic carbocycles. The molecule has 0 bridgehead atoms. The van der Waals surface area contributed by atoms with Gasteiger partial charge in [0.2, 0.25) is 0 Å². The fourth-order valence-electron chi connectivity index (χ4n) is 4.18. The number of hydrogen-bond acceptors (Lipinski definition) is 3. The maximum atomic E-state index is 3.82. The molecule has 112 valence electrons. The Hall–Kier alpha value is 0.1000. The second-order valence-corrected chi connectivity index (χ2v) is 7.93. The topological polar surface area (TPSA) is 15.3 Å². The van der Waals surface area contributed by atoms with Crippen LogP contribution >= 0.6 is 27.3 Å². The molecule has 20 heavy (non-hydrogen) atoms. The summed E-state index contributed by atoms with van der Waals surface area (Å²) < 4.78 is 1.29. The van der Waals surface area contributed by atoms with Crippen LogP contribution in [0, 0.1) is 0 Å². The highest BCUT2D eigenvalue weighted by Gasteiger charge is 2.47. The van der Waals surface area contributed by atoms with Gasteiger partial charge in [-0.25, -0.2) is 0 Å². The summed E-state index contributed by atoms with van der Waals surface area (Å²) in [6.07, 6.45) is 8.26. The summed E-state index contributed by atoms with van der Waals surface area (Å²) in [7, 11) is 0. The van der Waals surface area contributed by atoms with E-state index >= 15 is 0 Å². The Bertz CT molecular complexity index is 433. The predicted molar refractivity (Wildman–Crippen MR) is 90.4 cm³/mol. The van der Waals surface area contributed by atoms with Crippen molar-refractivity contribution in [3.05, 3.63) is 20.8 Å². The van der Waals surface area contributed by atoms with E-state index in [0.29, 0.717) is 11.6 Å². The molecule has 1 aromatic heterocycles. The van der Waals surface area contributed by atoms with Crippen LogP contribution in [0.4, 0.5) is 0 Å². The number of thiophene rings is 1. The average molecular weight is 357 g/mol. The molecule has 1 atom stereocenters. The van der Waals surface area contributed by atoms with Crippen LogP contribution < -0.4 is 5.32 Å². The van der Waals surface area contributed by atoms with Crippen molar-refractivity contribution in [1.82, 2.24) is 10.2 Å². The Morgan fingerprint density at radius 1 is 1.30 bits per heavy atom. The van der Waals surface area contributed by atoms with E-state index in [2.05, 4.69) is 44.5 Å². The fraction of sp³-hybridized carbons (Fsp3) is 0.750. The molecule has 1 unspecified atom stereocenters. The van der Waals surface area contributed by atoms with Crippen molar-refractivity contribution in [2.45, 2.75) is 57.0 Å². The van der Waals surface area contributed by atoms with Gasteiger partial charge in [-0.1, -0.05) is 19.8 Å². The van der Waals surface area contributed by atoms with Gasteiger partial charge in [-0.05, 0) is 72.7 Å². The van der Waals surface area contributed by atoms with Crippen LogP contribution in [0.5, 0.6) is 0 Å². The zero-order valence-electron chi connectivity index (χ0n) is 12.3. The Morgan fingerprint density at radius 2 is 2.00 bits per heavy atom. The number of halogens is 1. The average Bonchev–Trinajstić information content (AvgIpc) is 3.18. The van der Waals surface area contributed by atoms with E-state index in [0.717, 1.165) is 6.54 Å². The minimum Gasteiger partial charge on any atom is -0.308 e. The van der Waals surface area contributed by atoms with Crippen LogP contribution in [-0.2, 0) is 0 Å². The van der Waals surface area contributed by atoms with Crippen molar-refractivity contribution in [1.29, 1.82) is 0 Å². The Labute approximate surface area is 135 Å². The molecule has 0 aromatic carbocycles. The molecular formula is C16H25BrN2S. The lowest BCUT2D eigenvalue weighted by atomic mass is 9.85. The number of nitrogens with zero attached hydrogens (tertiary/aromatic N) is 1. The summed E-state index contributed by atoms with van der Waals surface area (Å²) >= 11 is 5.67. The number of rotatable bonds is 5. The molecular weight excluding hydrogens is 332 g/mol. The minimum atomic E-state index is 0.361. The largest absolute Gasteiger partial charge is 0.308 e. The van der Waals surface area contributed by atoms with E-state index < -0.39 is 0 Å². The monoisotopic (exact) mass is 356 g/mol.